The highest BCUT2D eigenvalue weighted by molar-refractivity contribution is 6.32. The van der Waals surface area contributed by atoms with Crippen LogP contribution in [0.15, 0.2) is 37.1 Å². The summed E-state index contributed by atoms with van der Waals surface area (Å²) in [5.41, 5.74) is 0. The summed E-state index contributed by atoms with van der Waals surface area (Å²) in [6.07, 6.45) is -1.85. The third-order valence-corrected chi connectivity index (χ3v) is 4.50. The first kappa shape index (κ1) is 20.6. The predicted molar refractivity (Wildman–Crippen MR) is 88.4 cm³/mol. The summed E-state index contributed by atoms with van der Waals surface area (Å²) in [6.45, 7) is 3.66. The number of allylic oxidation sites excluding steroid dienone is 2. The largest absolute Gasteiger partial charge is 0.460 e. The van der Waals surface area contributed by atoms with Gasteiger partial charge in [-0.25, -0.2) is 13.2 Å². The smallest absolute Gasteiger partial charge is 0.400 e. The zero-order chi connectivity index (χ0) is 19.3. The molecule has 1 saturated carbocycles. The topological polar surface area (TPSA) is 18.5 Å². The Bertz CT molecular complexity index is 632. The van der Waals surface area contributed by atoms with Crippen LogP contribution < -0.4 is 9.47 Å². The molecule has 2 rings (SSSR count). The van der Waals surface area contributed by atoms with Gasteiger partial charge < -0.3 is 9.47 Å². The Kier molecular flexibility index (Phi) is 6.92. The summed E-state index contributed by atoms with van der Waals surface area (Å²) in [4.78, 5) is 0. The zero-order valence-electron chi connectivity index (χ0n) is 13.7. The van der Waals surface area contributed by atoms with Crippen molar-refractivity contribution in [3.8, 4) is 11.5 Å². The molecule has 0 saturated heterocycles. The van der Waals surface area contributed by atoms with Crippen molar-refractivity contribution in [2.24, 2.45) is 11.8 Å². The van der Waals surface area contributed by atoms with Crippen LogP contribution in [-0.2, 0) is 0 Å². The highest BCUT2D eigenvalue weighted by Gasteiger charge is 2.43. The summed E-state index contributed by atoms with van der Waals surface area (Å²) in [5.74, 6) is -2.89. The molecule has 144 valence electrons. The maximum absolute atomic E-state index is 14.3. The fraction of sp³-hybridized carbons (Fsp3) is 0.444. The van der Waals surface area contributed by atoms with Gasteiger partial charge >= 0.3 is 6.11 Å². The van der Waals surface area contributed by atoms with Gasteiger partial charge in [0, 0.05) is 18.2 Å². The van der Waals surface area contributed by atoms with E-state index in [4.69, 9.17) is 16.3 Å². The number of rotatable bonds is 7. The third kappa shape index (κ3) is 5.37. The van der Waals surface area contributed by atoms with Crippen molar-refractivity contribution < 1.29 is 31.4 Å². The Hall–Kier alpha value is -1.76. The highest BCUT2D eigenvalue weighted by atomic mass is 35.5. The van der Waals surface area contributed by atoms with Crippen LogP contribution in [0.3, 0.4) is 0 Å². The molecule has 0 bridgehead atoms. The lowest BCUT2D eigenvalue weighted by Gasteiger charge is -2.32. The minimum atomic E-state index is -3.49. The fourth-order valence-electron chi connectivity index (χ4n) is 2.81. The minimum absolute atomic E-state index is 0.215. The van der Waals surface area contributed by atoms with Crippen LogP contribution in [0, 0.1) is 17.7 Å². The lowest BCUT2D eigenvalue weighted by atomic mass is 9.81. The molecule has 1 aromatic carbocycles. The van der Waals surface area contributed by atoms with Crippen LogP contribution in [0.5, 0.6) is 11.5 Å². The molecule has 0 aliphatic heterocycles. The Morgan fingerprint density at radius 2 is 1.85 bits per heavy atom. The second-order valence-electron chi connectivity index (χ2n) is 6.01. The number of alkyl halides is 4. The lowest BCUT2D eigenvalue weighted by molar-refractivity contribution is -0.223. The van der Waals surface area contributed by atoms with Gasteiger partial charge in [0.1, 0.15) is 5.75 Å². The first-order valence-corrected chi connectivity index (χ1v) is 8.40. The number of benzene rings is 1. The van der Waals surface area contributed by atoms with E-state index in [2.05, 4.69) is 11.3 Å². The predicted octanol–water partition coefficient (Wildman–Crippen LogP) is 6.60. The van der Waals surface area contributed by atoms with Gasteiger partial charge in [0.2, 0.25) is 0 Å². The van der Waals surface area contributed by atoms with E-state index in [0.717, 1.165) is 6.07 Å². The molecule has 1 aliphatic carbocycles. The first-order chi connectivity index (χ1) is 12.2. The molecular weight excluding hydrogens is 379 g/mol. The summed E-state index contributed by atoms with van der Waals surface area (Å²) >= 11 is 5.78. The standard InChI is InChI=1S/C18H18ClF5O2/c1-2-11-3-5-12(6-4-11)18(23,24)26-13-9-14(19)17(15(20)10-13)25-8-7-16(21)22/h2,7-12,16H,1,3-6H2. The maximum Gasteiger partial charge on any atom is 0.400 e. The summed E-state index contributed by atoms with van der Waals surface area (Å²) in [5, 5.41) is -0.370. The molecule has 0 aromatic heterocycles. The number of hydrogen-bond donors (Lipinski definition) is 0. The molecule has 1 aromatic rings. The Morgan fingerprint density at radius 3 is 2.38 bits per heavy atom. The molecule has 0 heterocycles. The Balaban J connectivity index is 2.08. The van der Waals surface area contributed by atoms with Gasteiger partial charge in [-0.3, -0.25) is 0 Å². The van der Waals surface area contributed by atoms with Crippen LogP contribution >= 0.6 is 11.6 Å². The van der Waals surface area contributed by atoms with E-state index in [1.165, 1.54) is 0 Å². The van der Waals surface area contributed by atoms with E-state index in [-0.39, 0.29) is 23.8 Å². The van der Waals surface area contributed by atoms with Crippen molar-refractivity contribution in [1.82, 2.24) is 0 Å². The van der Waals surface area contributed by atoms with Gasteiger partial charge in [-0.05, 0) is 31.6 Å². The highest BCUT2D eigenvalue weighted by Crippen LogP contribution is 2.41. The SMILES string of the molecule is C=CC1CCC(C(F)(F)Oc2cc(F)c(OC=CC(F)F)c(Cl)c2)CC1. The Labute approximate surface area is 153 Å². The average molecular weight is 397 g/mol. The van der Waals surface area contributed by atoms with Gasteiger partial charge in [0.25, 0.3) is 6.43 Å². The van der Waals surface area contributed by atoms with Crippen molar-refractivity contribution in [2.45, 2.75) is 38.2 Å². The van der Waals surface area contributed by atoms with Crippen LogP contribution in [0.25, 0.3) is 0 Å². The summed E-state index contributed by atoms with van der Waals surface area (Å²) < 4.78 is 76.1. The summed E-state index contributed by atoms with van der Waals surface area (Å²) in [7, 11) is 0. The van der Waals surface area contributed by atoms with E-state index in [0.29, 0.717) is 31.2 Å². The van der Waals surface area contributed by atoms with Crippen LogP contribution in [0.2, 0.25) is 5.02 Å². The molecule has 8 heteroatoms. The normalized spacial score (nSPS) is 21.2. The average Bonchev–Trinajstić information content (AvgIpc) is 2.56. The molecule has 0 N–H and O–H groups in total. The molecule has 0 atom stereocenters. The quantitative estimate of drug-likeness (QED) is 0.293. The molecule has 1 aliphatic rings. The molecule has 1 fully saturated rings. The van der Waals surface area contributed by atoms with Crippen molar-refractivity contribution in [3.63, 3.8) is 0 Å². The second kappa shape index (κ2) is 8.75. The fourth-order valence-corrected chi connectivity index (χ4v) is 3.05. The van der Waals surface area contributed by atoms with Crippen molar-refractivity contribution in [1.29, 1.82) is 0 Å². The monoisotopic (exact) mass is 396 g/mol. The van der Waals surface area contributed by atoms with Gasteiger partial charge in [-0.1, -0.05) is 17.7 Å². The number of ether oxygens (including phenoxy) is 2. The minimum Gasteiger partial charge on any atom is -0.460 e. The van der Waals surface area contributed by atoms with Crippen molar-refractivity contribution >= 4 is 11.6 Å². The van der Waals surface area contributed by atoms with Crippen molar-refractivity contribution in [3.05, 3.63) is 48.0 Å². The van der Waals surface area contributed by atoms with Crippen LogP contribution in [-0.4, -0.2) is 12.5 Å². The molecule has 0 radical (unpaired) electrons. The third-order valence-electron chi connectivity index (χ3n) is 4.22. The number of hydrogen-bond acceptors (Lipinski definition) is 2. The molecule has 0 spiro atoms. The van der Waals surface area contributed by atoms with E-state index in [1.54, 1.807) is 6.08 Å². The van der Waals surface area contributed by atoms with Crippen LogP contribution in [0.4, 0.5) is 22.0 Å². The van der Waals surface area contributed by atoms with Gasteiger partial charge in [0.15, 0.2) is 11.6 Å². The van der Waals surface area contributed by atoms with Gasteiger partial charge in [-0.2, -0.15) is 8.78 Å². The van der Waals surface area contributed by atoms with E-state index >= 15 is 0 Å². The zero-order valence-corrected chi connectivity index (χ0v) is 14.5. The number of halogens is 6. The summed E-state index contributed by atoms with van der Waals surface area (Å²) in [6, 6.07) is 1.64. The molecule has 0 unspecified atom stereocenters. The maximum atomic E-state index is 14.3. The molecule has 26 heavy (non-hydrogen) atoms. The Morgan fingerprint density at radius 1 is 1.19 bits per heavy atom. The molecule has 0 amide bonds. The van der Waals surface area contributed by atoms with Crippen molar-refractivity contribution in [2.75, 3.05) is 0 Å². The lowest BCUT2D eigenvalue weighted by Crippen LogP contribution is -2.37. The van der Waals surface area contributed by atoms with E-state index < -0.39 is 35.8 Å². The van der Waals surface area contributed by atoms with Gasteiger partial charge in [-0.15, -0.1) is 6.58 Å². The molecule has 2 nitrogen and oxygen atoms in total. The van der Waals surface area contributed by atoms with E-state index in [9.17, 15) is 22.0 Å². The second-order valence-corrected chi connectivity index (χ2v) is 6.42. The first-order valence-electron chi connectivity index (χ1n) is 8.03. The molecular formula is C18H18ClF5O2. The van der Waals surface area contributed by atoms with Gasteiger partial charge in [0.05, 0.1) is 17.2 Å². The van der Waals surface area contributed by atoms with Crippen LogP contribution in [0.1, 0.15) is 25.7 Å². The van der Waals surface area contributed by atoms with E-state index in [1.807, 2.05) is 0 Å².